The van der Waals surface area contributed by atoms with Crippen LogP contribution >= 0.6 is 15.9 Å². The highest BCUT2D eigenvalue weighted by molar-refractivity contribution is 9.10. The number of nitrogens with one attached hydrogen (secondary N) is 1. The maximum Gasteiger partial charge on any atom is 0.129 e. The van der Waals surface area contributed by atoms with Crippen LogP contribution in [-0.2, 0) is 0 Å². The molecule has 0 aliphatic carbocycles. The summed E-state index contributed by atoms with van der Waals surface area (Å²) in [7, 11) is 1.85. The molecule has 1 N–H and O–H groups in total. The van der Waals surface area contributed by atoms with Crippen molar-refractivity contribution in [2.45, 2.75) is 19.9 Å². The highest BCUT2D eigenvalue weighted by atomic mass is 79.9. The van der Waals surface area contributed by atoms with Gasteiger partial charge in [0, 0.05) is 10.0 Å². The molecule has 0 saturated carbocycles. The summed E-state index contributed by atoms with van der Waals surface area (Å²) in [5, 5.41) is 3.21. The molecule has 1 nitrogen and oxygen atoms in total. The molecule has 0 heterocycles. The lowest BCUT2D eigenvalue weighted by atomic mass is 9.93. The zero-order valence-corrected chi connectivity index (χ0v) is 12.9. The number of halogens is 2. The fraction of sp³-hybridized carbons (Fsp3) is 0.250. The molecule has 0 saturated heterocycles. The zero-order valence-electron chi connectivity index (χ0n) is 11.3. The second kappa shape index (κ2) is 5.85. The van der Waals surface area contributed by atoms with Gasteiger partial charge in [0.15, 0.2) is 0 Å². The van der Waals surface area contributed by atoms with Gasteiger partial charge in [-0.3, -0.25) is 0 Å². The van der Waals surface area contributed by atoms with Crippen LogP contribution in [-0.4, -0.2) is 7.05 Å². The third-order valence-electron chi connectivity index (χ3n) is 3.32. The standard InChI is InChI=1S/C16H17BrFN/c1-10-7-8-11(2)12(9-10)16(19-3)15-13(17)5-4-6-14(15)18/h4-9,16,19H,1-3H3. The molecule has 0 amide bonds. The van der Waals surface area contributed by atoms with E-state index in [2.05, 4.69) is 39.4 Å². The summed E-state index contributed by atoms with van der Waals surface area (Å²) in [6.07, 6.45) is 0. The highest BCUT2D eigenvalue weighted by Gasteiger charge is 2.20. The van der Waals surface area contributed by atoms with Crippen molar-refractivity contribution in [3.05, 3.63) is 68.9 Å². The molecule has 0 aliphatic rings. The molecule has 1 atom stereocenters. The van der Waals surface area contributed by atoms with E-state index in [-0.39, 0.29) is 11.9 Å². The van der Waals surface area contributed by atoms with Crippen LogP contribution in [0.5, 0.6) is 0 Å². The van der Waals surface area contributed by atoms with Gasteiger partial charge in [-0.1, -0.05) is 45.8 Å². The Morgan fingerprint density at radius 2 is 1.89 bits per heavy atom. The molecule has 19 heavy (non-hydrogen) atoms. The lowest BCUT2D eigenvalue weighted by molar-refractivity contribution is 0.573. The van der Waals surface area contributed by atoms with E-state index in [0.717, 1.165) is 15.6 Å². The fourth-order valence-electron chi connectivity index (χ4n) is 2.31. The predicted octanol–water partition coefficient (Wildman–Crippen LogP) is 4.51. The molecule has 0 aliphatic heterocycles. The highest BCUT2D eigenvalue weighted by Crippen LogP contribution is 2.32. The summed E-state index contributed by atoms with van der Waals surface area (Å²) in [5.74, 6) is -0.199. The number of hydrogen-bond acceptors (Lipinski definition) is 1. The fourth-order valence-corrected chi connectivity index (χ4v) is 2.88. The van der Waals surface area contributed by atoms with Crippen molar-refractivity contribution in [2.24, 2.45) is 0 Å². The molecular formula is C16H17BrFN. The first-order chi connectivity index (χ1) is 9.04. The van der Waals surface area contributed by atoms with Crippen LogP contribution in [0.15, 0.2) is 40.9 Å². The number of hydrogen-bond donors (Lipinski definition) is 1. The van der Waals surface area contributed by atoms with Gasteiger partial charge in [-0.2, -0.15) is 0 Å². The summed E-state index contributed by atoms with van der Waals surface area (Å²) in [6.45, 7) is 4.10. The van der Waals surface area contributed by atoms with Crippen LogP contribution in [0.25, 0.3) is 0 Å². The van der Waals surface area contributed by atoms with Crippen LogP contribution in [0.3, 0.4) is 0 Å². The van der Waals surface area contributed by atoms with Crippen LogP contribution in [0, 0.1) is 19.7 Å². The van der Waals surface area contributed by atoms with Gasteiger partial charge in [-0.15, -0.1) is 0 Å². The van der Waals surface area contributed by atoms with E-state index in [1.165, 1.54) is 11.6 Å². The molecular weight excluding hydrogens is 305 g/mol. The summed E-state index contributed by atoms with van der Waals surface area (Å²) < 4.78 is 14.9. The van der Waals surface area contributed by atoms with Crippen LogP contribution in [0.2, 0.25) is 0 Å². The van der Waals surface area contributed by atoms with Crippen molar-refractivity contribution < 1.29 is 4.39 Å². The largest absolute Gasteiger partial charge is 0.309 e. The van der Waals surface area contributed by atoms with Gasteiger partial charge in [0.2, 0.25) is 0 Å². The summed E-state index contributed by atoms with van der Waals surface area (Å²) in [6, 6.07) is 11.2. The molecule has 0 spiro atoms. The Kier molecular flexibility index (Phi) is 4.38. The Labute approximate surface area is 122 Å². The molecule has 2 aromatic rings. The molecule has 2 rings (SSSR count). The van der Waals surface area contributed by atoms with E-state index < -0.39 is 0 Å². The van der Waals surface area contributed by atoms with Crippen molar-refractivity contribution in [1.82, 2.24) is 5.32 Å². The van der Waals surface area contributed by atoms with Crippen molar-refractivity contribution >= 4 is 15.9 Å². The van der Waals surface area contributed by atoms with Crippen molar-refractivity contribution in [2.75, 3.05) is 7.05 Å². The lowest BCUT2D eigenvalue weighted by Crippen LogP contribution is -2.20. The van der Waals surface area contributed by atoms with Gasteiger partial charge in [-0.05, 0) is 44.2 Å². The zero-order chi connectivity index (χ0) is 14.0. The average molecular weight is 322 g/mol. The first-order valence-electron chi connectivity index (χ1n) is 6.23. The SMILES string of the molecule is CNC(c1cc(C)ccc1C)c1c(F)cccc1Br. The van der Waals surface area contributed by atoms with Crippen LogP contribution in [0.4, 0.5) is 4.39 Å². The third-order valence-corrected chi connectivity index (χ3v) is 4.01. The molecule has 0 aromatic heterocycles. The van der Waals surface area contributed by atoms with Crippen molar-refractivity contribution in [3.63, 3.8) is 0 Å². The molecule has 0 fully saturated rings. The van der Waals surface area contributed by atoms with Crippen molar-refractivity contribution in [3.8, 4) is 0 Å². The average Bonchev–Trinajstić information content (AvgIpc) is 2.37. The van der Waals surface area contributed by atoms with E-state index in [0.29, 0.717) is 5.56 Å². The summed E-state index contributed by atoms with van der Waals surface area (Å²) in [5.41, 5.74) is 4.08. The quantitative estimate of drug-likeness (QED) is 0.876. The normalized spacial score (nSPS) is 12.5. The summed E-state index contributed by atoms with van der Waals surface area (Å²) in [4.78, 5) is 0. The van der Waals surface area contributed by atoms with Crippen LogP contribution in [0.1, 0.15) is 28.3 Å². The minimum atomic E-state index is -0.199. The maximum absolute atomic E-state index is 14.1. The number of aryl methyl sites for hydroxylation is 2. The Hall–Kier alpha value is -1.19. The minimum absolute atomic E-state index is 0.157. The van der Waals surface area contributed by atoms with Crippen LogP contribution < -0.4 is 5.32 Å². The van der Waals surface area contributed by atoms with Gasteiger partial charge in [0.05, 0.1) is 6.04 Å². The molecule has 3 heteroatoms. The van der Waals surface area contributed by atoms with Gasteiger partial charge in [0.1, 0.15) is 5.82 Å². The van der Waals surface area contributed by atoms with Gasteiger partial charge >= 0.3 is 0 Å². The van der Waals surface area contributed by atoms with Gasteiger partial charge in [-0.25, -0.2) is 4.39 Å². The molecule has 0 bridgehead atoms. The topological polar surface area (TPSA) is 12.0 Å². The van der Waals surface area contributed by atoms with Gasteiger partial charge < -0.3 is 5.32 Å². The molecule has 100 valence electrons. The Balaban J connectivity index is 2.59. The first-order valence-corrected chi connectivity index (χ1v) is 7.02. The molecule has 0 radical (unpaired) electrons. The number of rotatable bonds is 3. The minimum Gasteiger partial charge on any atom is -0.309 e. The number of benzene rings is 2. The lowest BCUT2D eigenvalue weighted by Gasteiger charge is -2.21. The molecule has 2 aromatic carbocycles. The second-order valence-electron chi connectivity index (χ2n) is 4.72. The summed E-state index contributed by atoms with van der Waals surface area (Å²) >= 11 is 3.45. The van der Waals surface area contributed by atoms with E-state index in [9.17, 15) is 4.39 Å². The Bertz CT molecular complexity index is 575. The van der Waals surface area contributed by atoms with E-state index >= 15 is 0 Å². The third kappa shape index (κ3) is 2.88. The Morgan fingerprint density at radius 3 is 2.53 bits per heavy atom. The predicted molar refractivity (Wildman–Crippen MR) is 80.9 cm³/mol. The second-order valence-corrected chi connectivity index (χ2v) is 5.57. The van der Waals surface area contributed by atoms with Crippen molar-refractivity contribution in [1.29, 1.82) is 0 Å². The van der Waals surface area contributed by atoms with E-state index in [1.54, 1.807) is 6.07 Å². The Morgan fingerprint density at radius 1 is 1.16 bits per heavy atom. The first kappa shape index (κ1) is 14.2. The smallest absolute Gasteiger partial charge is 0.129 e. The monoisotopic (exact) mass is 321 g/mol. The molecule has 1 unspecified atom stereocenters. The maximum atomic E-state index is 14.1. The van der Waals surface area contributed by atoms with E-state index in [4.69, 9.17) is 0 Å². The van der Waals surface area contributed by atoms with Gasteiger partial charge in [0.25, 0.3) is 0 Å². The van der Waals surface area contributed by atoms with E-state index in [1.807, 2.05) is 27.0 Å².